The highest BCUT2D eigenvalue weighted by Crippen LogP contribution is 2.22. The van der Waals surface area contributed by atoms with Crippen molar-refractivity contribution in [1.82, 2.24) is 19.8 Å². The minimum absolute atomic E-state index is 0.0399. The fourth-order valence-electron chi connectivity index (χ4n) is 3.18. The molecule has 20 heavy (non-hydrogen) atoms. The molecule has 1 fully saturated rings. The molecule has 112 valence electrons. The lowest BCUT2D eigenvalue weighted by Crippen LogP contribution is -2.44. The molecule has 1 aromatic heterocycles. The van der Waals surface area contributed by atoms with Crippen LogP contribution in [0.4, 0.5) is 4.79 Å². The van der Waals surface area contributed by atoms with Gasteiger partial charge in [0.15, 0.2) is 0 Å². The molecule has 1 saturated heterocycles. The summed E-state index contributed by atoms with van der Waals surface area (Å²) in [7, 11) is 1.70. The van der Waals surface area contributed by atoms with Crippen LogP contribution in [0.3, 0.4) is 0 Å². The summed E-state index contributed by atoms with van der Waals surface area (Å²) in [5.41, 5.74) is 1.22. The SMILES string of the molecule is CNC(=O)N1CCCC(Cc2ncc(C)n2C(C)C)C1. The summed E-state index contributed by atoms with van der Waals surface area (Å²) in [6.45, 7) is 8.19. The maximum Gasteiger partial charge on any atom is 0.317 e. The Hall–Kier alpha value is -1.52. The first-order valence-corrected chi connectivity index (χ1v) is 7.52. The molecule has 1 aromatic rings. The first kappa shape index (κ1) is 14.9. The number of urea groups is 1. The lowest BCUT2D eigenvalue weighted by atomic mass is 9.94. The third-order valence-corrected chi connectivity index (χ3v) is 4.07. The maximum atomic E-state index is 11.7. The molecule has 1 N–H and O–H groups in total. The summed E-state index contributed by atoms with van der Waals surface area (Å²) < 4.78 is 2.30. The van der Waals surface area contributed by atoms with Crippen molar-refractivity contribution in [3.05, 3.63) is 17.7 Å². The first-order valence-electron chi connectivity index (χ1n) is 7.52. The van der Waals surface area contributed by atoms with Gasteiger partial charge in [-0.05, 0) is 39.5 Å². The monoisotopic (exact) mass is 278 g/mol. The lowest BCUT2D eigenvalue weighted by molar-refractivity contribution is 0.166. The number of hydrogen-bond acceptors (Lipinski definition) is 2. The van der Waals surface area contributed by atoms with E-state index in [4.69, 9.17) is 0 Å². The molecule has 1 aliphatic heterocycles. The predicted octanol–water partition coefficient (Wildman–Crippen LogP) is 2.37. The molecule has 0 saturated carbocycles. The number of nitrogens with zero attached hydrogens (tertiary/aromatic N) is 3. The van der Waals surface area contributed by atoms with Crippen molar-refractivity contribution in [2.45, 2.75) is 46.1 Å². The topological polar surface area (TPSA) is 50.2 Å². The van der Waals surface area contributed by atoms with Gasteiger partial charge >= 0.3 is 6.03 Å². The van der Waals surface area contributed by atoms with Crippen molar-refractivity contribution in [1.29, 1.82) is 0 Å². The molecule has 5 nitrogen and oxygen atoms in total. The molecule has 5 heteroatoms. The van der Waals surface area contributed by atoms with Crippen LogP contribution < -0.4 is 5.32 Å². The van der Waals surface area contributed by atoms with Crippen molar-refractivity contribution in [3.63, 3.8) is 0 Å². The van der Waals surface area contributed by atoms with Gasteiger partial charge in [-0.2, -0.15) is 0 Å². The highest BCUT2D eigenvalue weighted by atomic mass is 16.2. The van der Waals surface area contributed by atoms with Crippen LogP contribution in [-0.2, 0) is 6.42 Å². The summed E-state index contributed by atoms with van der Waals surface area (Å²) in [6.07, 6.45) is 5.17. The Morgan fingerprint density at radius 1 is 1.55 bits per heavy atom. The highest BCUT2D eigenvalue weighted by molar-refractivity contribution is 5.73. The number of rotatable bonds is 3. The van der Waals surface area contributed by atoms with Gasteiger partial charge in [-0.25, -0.2) is 9.78 Å². The van der Waals surface area contributed by atoms with Gasteiger partial charge in [0.25, 0.3) is 0 Å². The zero-order valence-electron chi connectivity index (χ0n) is 13.0. The quantitative estimate of drug-likeness (QED) is 0.923. The van der Waals surface area contributed by atoms with E-state index in [-0.39, 0.29) is 6.03 Å². The summed E-state index contributed by atoms with van der Waals surface area (Å²) in [4.78, 5) is 18.2. The molecule has 2 rings (SSSR count). The summed E-state index contributed by atoms with van der Waals surface area (Å²) in [5, 5.41) is 2.72. The number of imidazole rings is 1. The van der Waals surface area contributed by atoms with Gasteiger partial charge in [0.05, 0.1) is 0 Å². The van der Waals surface area contributed by atoms with Crippen LogP contribution in [0.25, 0.3) is 0 Å². The largest absolute Gasteiger partial charge is 0.341 e. The number of carbonyl (C=O) groups is 1. The van der Waals surface area contributed by atoms with Gasteiger partial charge in [-0.15, -0.1) is 0 Å². The van der Waals surface area contributed by atoms with Crippen LogP contribution >= 0.6 is 0 Å². The number of amides is 2. The van der Waals surface area contributed by atoms with Crippen LogP contribution in [-0.4, -0.2) is 40.6 Å². The molecule has 0 bridgehead atoms. The standard InChI is InChI=1S/C15H26N4O/c1-11(2)19-12(3)9-17-14(19)8-13-6-5-7-18(10-13)15(20)16-4/h9,11,13H,5-8,10H2,1-4H3,(H,16,20). The predicted molar refractivity (Wildman–Crippen MR) is 79.8 cm³/mol. The van der Waals surface area contributed by atoms with E-state index in [0.29, 0.717) is 12.0 Å². The molecule has 0 radical (unpaired) electrons. The first-order chi connectivity index (χ1) is 9.52. The molecule has 2 heterocycles. The molecule has 0 aromatic carbocycles. The van der Waals surface area contributed by atoms with E-state index in [1.165, 1.54) is 12.1 Å². The second-order valence-electron chi connectivity index (χ2n) is 5.99. The summed E-state index contributed by atoms with van der Waals surface area (Å²) in [5.74, 6) is 1.67. The van der Waals surface area contributed by atoms with Gasteiger partial charge in [-0.1, -0.05) is 0 Å². The number of carbonyl (C=O) groups excluding carboxylic acids is 1. The lowest BCUT2D eigenvalue weighted by Gasteiger charge is -2.32. The van der Waals surface area contributed by atoms with Crippen LogP contribution in [0.5, 0.6) is 0 Å². The van der Waals surface area contributed by atoms with Gasteiger partial charge in [0.1, 0.15) is 5.82 Å². The Balaban J connectivity index is 2.05. The van der Waals surface area contributed by atoms with E-state index in [9.17, 15) is 4.79 Å². The van der Waals surface area contributed by atoms with Crippen molar-refractivity contribution in [2.24, 2.45) is 5.92 Å². The van der Waals surface area contributed by atoms with Gasteiger partial charge < -0.3 is 14.8 Å². The molecule has 0 spiro atoms. The molecule has 1 unspecified atom stereocenters. The number of aromatic nitrogens is 2. The molecule has 1 atom stereocenters. The average Bonchev–Trinajstić information content (AvgIpc) is 2.79. The third-order valence-electron chi connectivity index (χ3n) is 4.07. The Morgan fingerprint density at radius 3 is 2.95 bits per heavy atom. The molecular formula is C15H26N4O. The van der Waals surface area contributed by atoms with E-state index < -0.39 is 0 Å². The number of likely N-dealkylation sites (tertiary alicyclic amines) is 1. The van der Waals surface area contributed by atoms with E-state index >= 15 is 0 Å². The number of nitrogens with one attached hydrogen (secondary N) is 1. The van der Waals surface area contributed by atoms with E-state index in [1.807, 2.05) is 11.1 Å². The van der Waals surface area contributed by atoms with Crippen LogP contribution in [0, 0.1) is 12.8 Å². The number of piperidine rings is 1. The summed E-state index contributed by atoms with van der Waals surface area (Å²) in [6, 6.07) is 0.476. The maximum absolute atomic E-state index is 11.7. The second kappa shape index (κ2) is 6.29. The molecule has 1 aliphatic rings. The Bertz CT molecular complexity index is 466. The van der Waals surface area contributed by atoms with Crippen LogP contribution in [0.2, 0.25) is 0 Å². The Morgan fingerprint density at radius 2 is 2.30 bits per heavy atom. The fourth-order valence-corrected chi connectivity index (χ4v) is 3.18. The Kier molecular flexibility index (Phi) is 4.68. The number of hydrogen-bond donors (Lipinski definition) is 1. The van der Waals surface area contributed by atoms with Gasteiger partial charge in [-0.3, -0.25) is 0 Å². The van der Waals surface area contributed by atoms with Crippen molar-refractivity contribution < 1.29 is 4.79 Å². The molecular weight excluding hydrogens is 252 g/mol. The summed E-state index contributed by atoms with van der Waals surface area (Å²) >= 11 is 0. The van der Waals surface area contributed by atoms with Crippen LogP contribution in [0.1, 0.15) is 44.2 Å². The third kappa shape index (κ3) is 3.14. The van der Waals surface area contributed by atoms with E-state index in [0.717, 1.165) is 31.8 Å². The average molecular weight is 278 g/mol. The van der Waals surface area contributed by atoms with E-state index in [2.05, 4.69) is 35.6 Å². The smallest absolute Gasteiger partial charge is 0.317 e. The minimum atomic E-state index is 0.0399. The number of aryl methyl sites for hydroxylation is 1. The highest BCUT2D eigenvalue weighted by Gasteiger charge is 2.24. The van der Waals surface area contributed by atoms with E-state index in [1.54, 1.807) is 7.05 Å². The molecule has 0 aliphatic carbocycles. The van der Waals surface area contributed by atoms with Crippen molar-refractivity contribution >= 4 is 6.03 Å². The normalized spacial score (nSPS) is 19.4. The zero-order chi connectivity index (χ0) is 14.7. The Labute approximate surface area is 121 Å². The van der Waals surface area contributed by atoms with Gasteiger partial charge in [0.2, 0.25) is 0 Å². The van der Waals surface area contributed by atoms with Crippen molar-refractivity contribution in [2.75, 3.05) is 20.1 Å². The van der Waals surface area contributed by atoms with Crippen molar-refractivity contribution in [3.8, 4) is 0 Å². The zero-order valence-corrected chi connectivity index (χ0v) is 13.0. The van der Waals surface area contributed by atoms with Crippen LogP contribution in [0.15, 0.2) is 6.20 Å². The molecule has 2 amide bonds. The fraction of sp³-hybridized carbons (Fsp3) is 0.733. The minimum Gasteiger partial charge on any atom is -0.341 e. The van der Waals surface area contributed by atoms with Gasteiger partial charge in [0, 0.05) is 44.5 Å². The second-order valence-corrected chi connectivity index (χ2v) is 5.99.